The Morgan fingerprint density at radius 2 is 1.53 bits per heavy atom. The van der Waals surface area contributed by atoms with Crippen LogP contribution in [-0.2, 0) is 17.0 Å². The second-order valence-electron chi connectivity index (χ2n) is 8.08. The molecule has 0 fully saturated rings. The molecule has 0 saturated carbocycles. The summed E-state index contributed by atoms with van der Waals surface area (Å²) in [5.74, 6) is -0.986. The van der Waals surface area contributed by atoms with E-state index in [1.807, 2.05) is 0 Å². The average molecular weight is 431 g/mol. The first-order valence-electron chi connectivity index (χ1n) is 7.06. The van der Waals surface area contributed by atoms with Crippen molar-refractivity contribution in [2.75, 3.05) is 0 Å². The van der Waals surface area contributed by atoms with Gasteiger partial charge >= 0.3 is 135 Å². The van der Waals surface area contributed by atoms with Crippen LogP contribution in [-0.4, -0.2) is 22.1 Å². The van der Waals surface area contributed by atoms with Gasteiger partial charge in [0.15, 0.2) is 0 Å². The first kappa shape index (κ1) is 18.6. The summed E-state index contributed by atoms with van der Waals surface area (Å²) in [6.07, 6.45) is 7.36. The second-order valence-corrected chi connectivity index (χ2v) is 53.3. The van der Waals surface area contributed by atoms with E-state index in [0.29, 0.717) is 0 Å². The Morgan fingerprint density at radius 1 is 1.05 bits per heavy atom. The Hall–Kier alpha value is 1.59. The molecule has 0 bridgehead atoms. The number of hydrogen-bond donors (Lipinski definition) is 0. The average Bonchev–Trinajstić information content (AvgIpc) is 2.60. The molecule has 1 rings (SSSR count). The van der Waals surface area contributed by atoms with Crippen LogP contribution in [0.1, 0.15) is 0 Å². The van der Waals surface area contributed by atoms with Gasteiger partial charge in [-0.1, -0.05) is 0 Å². The van der Waals surface area contributed by atoms with Crippen molar-refractivity contribution in [3.05, 3.63) is 23.4 Å². The summed E-state index contributed by atoms with van der Waals surface area (Å²) >= 11 is -3.10. The van der Waals surface area contributed by atoms with Gasteiger partial charge in [0.25, 0.3) is 0 Å². The summed E-state index contributed by atoms with van der Waals surface area (Å²) in [6, 6.07) is 0. The van der Waals surface area contributed by atoms with Gasteiger partial charge in [-0.25, -0.2) is 0 Å². The van der Waals surface area contributed by atoms with Crippen molar-refractivity contribution in [2.45, 2.75) is 55.1 Å². The van der Waals surface area contributed by atoms with Crippen LogP contribution < -0.4 is 0 Å². The van der Waals surface area contributed by atoms with E-state index < -0.39 is 39.1 Å². The Balaban J connectivity index is 3.46. The maximum atomic E-state index is 7.13. The molecular formula is C13H28Cl2Si3Zr. The summed E-state index contributed by atoms with van der Waals surface area (Å²) in [5, 5.41) is 1.56. The van der Waals surface area contributed by atoms with E-state index in [1.165, 1.54) is 0 Å². The topological polar surface area (TPSA) is 0 Å². The monoisotopic (exact) mass is 428 g/mol. The van der Waals surface area contributed by atoms with Gasteiger partial charge in [-0.15, -0.1) is 0 Å². The van der Waals surface area contributed by atoms with Crippen molar-refractivity contribution < 1.29 is 17.0 Å². The molecule has 1 aliphatic rings. The molecule has 0 aromatic heterocycles. The molecule has 1 unspecified atom stereocenters. The Labute approximate surface area is 133 Å². The molecule has 1 atom stereocenters. The minimum atomic E-state index is -3.10. The molecule has 110 valence electrons. The van der Waals surface area contributed by atoms with Crippen molar-refractivity contribution in [1.29, 1.82) is 0 Å². The van der Waals surface area contributed by atoms with Crippen molar-refractivity contribution in [3.63, 3.8) is 0 Å². The van der Waals surface area contributed by atoms with Crippen molar-refractivity contribution >= 4 is 39.1 Å². The van der Waals surface area contributed by atoms with Crippen LogP contribution >= 0.6 is 17.0 Å². The number of hydrogen-bond acceptors (Lipinski definition) is 0. The zero-order valence-corrected chi connectivity index (χ0v) is 20.7. The van der Waals surface area contributed by atoms with Gasteiger partial charge in [0.05, 0.1) is 0 Å². The van der Waals surface area contributed by atoms with Crippen LogP contribution in [0.5, 0.6) is 0 Å². The molecule has 1 aliphatic carbocycles. The zero-order chi connectivity index (χ0) is 15.3. The predicted octanol–water partition coefficient (Wildman–Crippen LogP) is 5.84. The third kappa shape index (κ3) is 3.34. The van der Waals surface area contributed by atoms with Crippen molar-refractivity contribution in [2.24, 2.45) is 0 Å². The van der Waals surface area contributed by atoms with Gasteiger partial charge in [-0.3, -0.25) is 0 Å². The van der Waals surface area contributed by atoms with Gasteiger partial charge in [-0.05, 0) is 0 Å². The Morgan fingerprint density at radius 3 is 1.79 bits per heavy atom. The number of rotatable bonds is 4. The standard InChI is InChI=1S/C11H21Si2.C2H7Si.2ClH.Zr/c1-12(2,3)10-7-8-11(9-10)13(4,5)6;1-3-2;;;/h7-9H,1-6H3;3H,1-2H3;2*1H;/q;;;;+2/p-2. The van der Waals surface area contributed by atoms with E-state index in [-0.39, 0.29) is 2.75 Å². The number of allylic oxidation sites excluding steroid dienone is 4. The summed E-state index contributed by atoms with van der Waals surface area (Å²) < 4.78 is 0.112. The van der Waals surface area contributed by atoms with Gasteiger partial charge < -0.3 is 0 Å². The van der Waals surface area contributed by atoms with Crippen LogP contribution in [0.4, 0.5) is 0 Å². The van der Waals surface area contributed by atoms with Crippen molar-refractivity contribution in [1.82, 2.24) is 0 Å². The van der Waals surface area contributed by atoms with Gasteiger partial charge in [-0.2, -0.15) is 0 Å². The molecule has 0 aromatic carbocycles. The van der Waals surface area contributed by atoms with Crippen molar-refractivity contribution in [3.8, 4) is 0 Å². The maximum absolute atomic E-state index is 7.13. The predicted molar refractivity (Wildman–Crippen MR) is 97.2 cm³/mol. The molecule has 19 heavy (non-hydrogen) atoms. The molecule has 0 aromatic rings. The number of halogens is 2. The molecule has 0 aliphatic heterocycles. The summed E-state index contributed by atoms with van der Waals surface area (Å²) in [4.78, 5) is 0. The quantitative estimate of drug-likeness (QED) is 0.491. The molecule has 0 radical (unpaired) electrons. The van der Waals surface area contributed by atoms with Crippen LogP contribution in [0.2, 0.25) is 55.1 Å². The summed E-state index contributed by atoms with van der Waals surface area (Å²) in [5.41, 5.74) is 0. The summed E-state index contributed by atoms with van der Waals surface area (Å²) in [6.45, 7) is 19.3. The van der Waals surface area contributed by atoms with Crippen LogP contribution in [0.3, 0.4) is 0 Å². The van der Waals surface area contributed by atoms with Gasteiger partial charge in [0.1, 0.15) is 0 Å². The van der Waals surface area contributed by atoms with Crippen LogP contribution in [0.25, 0.3) is 0 Å². The molecule has 0 amide bonds. The first-order chi connectivity index (χ1) is 8.26. The zero-order valence-electron chi connectivity index (χ0n) is 13.6. The molecular weight excluding hydrogens is 403 g/mol. The molecule has 0 spiro atoms. The SMILES string of the molecule is C[SiH](C)[Zr]([Cl])([Cl])[C]1([Si](C)(C)C)C=CC([Si](C)(C)C)=C1. The fourth-order valence-corrected chi connectivity index (χ4v) is 48.9. The Kier molecular flexibility index (Phi) is 5.55. The van der Waals surface area contributed by atoms with E-state index in [1.54, 1.807) is 5.20 Å². The molecule has 0 heterocycles. The van der Waals surface area contributed by atoms with Crippen LogP contribution in [0.15, 0.2) is 23.4 Å². The molecule has 0 N–H and O–H groups in total. The van der Waals surface area contributed by atoms with Crippen LogP contribution in [0, 0.1) is 0 Å². The van der Waals surface area contributed by atoms with E-state index >= 15 is 0 Å². The fourth-order valence-electron chi connectivity index (χ4n) is 2.68. The normalized spacial score (nSPS) is 25.1. The van der Waals surface area contributed by atoms with E-state index in [2.05, 4.69) is 70.6 Å². The molecule has 6 heteroatoms. The van der Waals surface area contributed by atoms with Gasteiger partial charge in [0, 0.05) is 0 Å². The third-order valence-electron chi connectivity index (χ3n) is 4.29. The minimum absolute atomic E-state index is 0.112. The third-order valence-corrected chi connectivity index (χ3v) is 58.2. The van der Waals surface area contributed by atoms with E-state index in [9.17, 15) is 0 Å². The molecule has 0 nitrogen and oxygen atoms in total. The Bertz CT molecular complexity index is 417. The first-order valence-corrected chi connectivity index (χ1v) is 28.8. The van der Waals surface area contributed by atoms with E-state index in [4.69, 9.17) is 17.0 Å². The van der Waals surface area contributed by atoms with Gasteiger partial charge in [0.2, 0.25) is 0 Å². The molecule has 0 saturated heterocycles. The summed E-state index contributed by atoms with van der Waals surface area (Å²) in [7, 11) is 11.5. The van der Waals surface area contributed by atoms with E-state index in [0.717, 1.165) is 0 Å². The second kappa shape index (κ2) is 5.66. The fraction of sp³-hybridized carbons (Fsp3) is 0.692.